The van der Waals surface area contributed by atoms with Crippen LogP contribution in [0.15, 0.2) is 43.0 Å². The van der Waals surface area contributed by atoms with Crippen molar-refractivity contribution in [1.82, 2.24) is 0 Å². The Balaban J connectivity index is 2.81. The number of hydrogen-bond donors (Lipinski definition) is 0. The van der Waals surface area contributed by atoms with Crippen molar-refractivity contribution in [3.8, 4) is 0 Å². The molecule has 0 N–H and O–H groups in total. The van der Waals surface area contributed by atoms with Crippen LogP contribution in [0.5, 0.6) is 0 Å². The molecule has 0 aliphatic carbocycles. The summed E-state index contributed by atoms with van der Waals surface area (Å²) in [6, 6.07) is 8.39. The fourth-order valence-corrected chi connectivity index (χ4v) is 1.06. The second kappa shape index (κ2) is 4.51. The van der Waals surface area contributed by atoms with Crippen molar-refractivity contribution in [3.05, 3.63) is 48.6 Å². The summed E-state index contributed by atoms with van der Waals surface area (Å²) in [5, 5.41) is 0. The second-order valence-electron chi connectivity index (χ2n) is 3.08. The van der Waals surface area contributed by atoms with Gasteiger partial charge >= 0.3 is 0 Å². The molecule has 1 aromatic carbocycles. The summed E-state index contributed by atoms with van der Waals surface area (Å²) in [5.41, 5.74) is 2.42. The molecule has 0 heterocycles. The third-order valence-corrected chi connectivity index (χ3v) is 1.83. The topological polar surface area (TPSA) is 3.24 Å². The molecule has 0 saturated heterocycles. The molecule has 0 atom stereocenters. The predicted molar refractivity (Wildman–Crippen MR) is 60.0 cm³/mol. The average molecular weight is 173 g/mol. The minimum Gasteiger partial charge on any atom is -0.378 e. The SMILES string of the molecule is C=C/C=C/c1ccc(N(C)C)cc1. The zero-order valence-corrected chi connectivity index (χ0v) is 8.20. The van der Waals surface area contributed by atoms with E-state index in [0.717, 1.165) is 0 Å². The highest BCUT2D eigenvalue weighted by molar-refractivity contribution is 5.56. The maximum atomic E-state index is 3.63. The van der Waals surface area contributed by atoms with E-state index in [9.17, 15) is 0 Å². The van der Waals surface area contributed by atoms with Gasteiger partial charge in [0.15, 0.2) is 0 Å². The van der Waals surface area contributed by atoms with Gasteiger partial charge in [0.25, 0.3) is 0 Å². The Hall–Kier alpha value is -1.50. The molecule has 0 saturated carbocycles. The van der Waals surface area contributed by atoms with Crippen molar-refractivity contribution >= 4 is 11.8 Å². The van der Waals surface area contributed by atoms with E-state index in [2.05, 4.69) is 35.7 Å². The quantitative estimate of drug-likeness (QED) is 0.635. The summed E-state index contributed by atoms with van der Waals surface area (Å²) in [6.45, 7) is 3.63. The van der Waals surface area contributed by atoms with Gasteiger partial charge in [0.2, 0.25) is 0 Å². The van der Waals surface area contributed by atoms with E-state index in [1.54, 1.807) is 6.08 Å². The minimum absolute atomic E-state index is 1.20. The lowest BCUT2D eigenvalue weighted by Gasteiger charge is -2.11. The Morgan fingerprint density at radius 3 is 2.23 bits per heavy atom. The van der Waals surface area contributed by atoms with Crippen LogP contribution in [0.4, 0.5) is 5.69 Å². The van der Waals surface area contributed by atoms with Crippen LogP contribution in [0, 0.1) is 0 Å². The van der Waals surface area contributed by atoms with Gasteiger partial charge in [-0.1, -0.05) is 36.9 Å². The fraction of sp³-hybridized carbons (Fsp3) is 0.167. The Bertz CT molecular complexity index is 293. The highest BCUT2D eigenvalue weighted by atomic mass is 15.1. The van der Waals surface area contributed by atoms with Crippen LogP contribution in [-0.2, 0) is 0 Å². The Morgan fingerprint density at radius 2 is 1.77 bits per heavy atom. The van der Waals surface area contributed by atoms with Gasteiger partial charge in [-0.05, 0) is 17.7 Å². The summed E-state index contributed by atoms with van der Waals surface area (Å²) < 4.78 is 0. The molecule has 1 nitrogen and oxygen atoms in total. The Labute approximate surface area is 80.0 Å². The standard InChI is InChI=1S/C12H15N/c1-4-5-6-11-7-9-12(10-8-11)13(2)3/h4-10H,1H2,2-3H3/b6-5+. The van der Waals surface area contributed by atoms with Gasteiger partial charge < -0.3 is 4.90 Å². The maximum Gasteiger partial charge on any atom is 0.0361 e. The van der Waals surface area contributed by atoms with Gasteiger partial charge in [0.05, 0.1) is 0 Å². The number of benzene rings is 1. The van der Waals surface area contributed by atoms with Crippen molar-refractivity contribution in [3.63, 3.8) is 0 Å². The molecule has 0 aliphatic rings. The van der Waals surface area contributed by atoms with Crippen LogP contribution in [-0.4, -0.2) is 14.1 Å². The van der Waals surface area contributed by atoms with Gasteiger partial charge in [-0.3, -0.25) is 0 Å². The van der Waals surface area contributed by atoms with Crippen LogP contribution in [0.3, 0.4) is 0 Å². The Morgan fingerprint density at radius 1 is 1.15 bits per heavy atom. The lowest BCUT2D eigenvalue weighted by Crippen LogP contribution is -2.07. The first-order valence-electron chi connectivity index (χ1n) is 4.30. The lowest BCUT2D eigenvalue weighted by atomic mass is 10.2. The molecule has 1 rings (SSSR count). The maximum absolute atomic E-state index is 3.63. The van der Waals surface area contributed by atoms with Gasteiger partial charge in [-0.15, -0.1) is 0 Å². The zero-order chi connectivity index (χ0) is 9.68. The molecule has 68 valence electrons. The van der Waals surface area contributed by atoms with Crippen molar-refractivity contribution in [1.29, 1.82) is 0 Å². The largest absolute Gasteiger partial charge is 0.378 e. The van der Waals surface area contributed by atoms with Crippen LogP contribution in [0.1, 0.15) is 5.56 Å². The number of nitrogens with zero attached hydrogens (tertiary/aromatic N) is 1. The smallest absolute Gasteiger partial charge is 0.0361 e. The molecule has 1 heteroatoms. The van der Waals surface area contributed by atoms with Crippen molar-refractivity contribution in [2.45, 2.75) is 0 Å². The van der Waals surface area contributed by atoms with Crippen molar-refractivity contribution in [2.24, 2.45) is 0 Å². The van der Waals surface area contributed by atoms with Gasteiger partial charge in [0.1, 0.15) is 0 Å². The molecule has 0 aliphatic heterocycles. The van der Waals surface area contributed by atoms with E-state index < -0.39 is 0 Å². The van der Waals surface area contributed by atoms with E-state index in [4.69, 9.17) is 0 Å². The molecule has 0 radical (unpaired) electrons. The highest BCUT2D eigenvalue weighted by Crippen LogP contribution is 2.12. The summed E-state index contributed by atoms with van der Waals surface area (Å²) in [6.07, 6.45) is 5.75. The first-order chi connectivity index (χ1) is 6.24. The first-order valence-corrected chi connectivity index (χ1v) is 4.30. The summed E-state index contributed by atoms with van der Waals surface area (Å²) in [5.74, 6) is 0. The van der Waals surface area contributed by atoms with Gasteiger partial charge in [-0.2, -0.15) is 0 Å². The lowest BCUT2D eigenvalue weighted by molar-refractivity contribution is 1.13. The molecule has 0 spiro atoms. The zero-order valence-electron chi connectivity index (χ0n) is 8.20. The van der Waals surface area contributed by atoms with Crippen molar-refractivity contribution in [2.75, 3.05) is 19.0 Å². The average Bonchev–Trinajstić information content (AvgIpc) is 2.15. The molecule has 0 fully saturated rings. The van der Waals surface area contributed by atoms with Crippen LogP contribution in [0.25, 0.3) is 6.08 Å². The minimum atomic E-state index is 1.20. The number of rotatable bonds is 3. The van der Waals surface area contributed by atoms with E-state index in [1.165, 1.54) is 11.3 Å². The summed E-state index contributed by atoms with van der Waals surface area (Å²) >= 11 is 0. The number of anilines is 1. The van der Waals surface area contributed by atoms with Crippen LogP contribution < -0.4 is 4.90 Å². The van der Waals surface area contributed by atoms with Crippen LogP contribution in [0.2, 0.25) is 0 Å². The summed E-state index contributed by atoms with van der Waals surface area (Å²) in [7, 11) is 4.07. The second-order valence-corrected chi connectivity index (χ2v) is 3.08. The molecule has 0 amide bonds. The monoisotopic (exact) mass is 173 g/mol. The van der Waals surface area contributed by atoms with Gasteiger partial charge in [0, 0.05) is 19.8 Å². The third kappa shape index (κ3) is 2.79. The fourth-order valence-electron chi connectivity index (χ4n) is 1.06. The van der Waals surface area contributed by atoms with E-state index in [-0.39, 0.29) is 0 Å². The molecule has 0 unspecified atom stereocenters. The molecule has 13 heavy (non-hydrogen) atoms. The molecule has 0 aromatic heterocycles. The number of allylic oxidation sites excluding steroid dienone is 2. The summed E-state index contributed by atoms with van der Waals surface area (Å²) in [4.78, 5) is 2.08. The van der Waals surface area contributed by atoms with Gasteiger partial charge in [-0.25, -0.2) is 0 Å². The Kier molecular flexibility index (Phi) is 3.32. The molecular formula is C12H15N. The van der Waals surface area contributed by atoms with Crippen LogP contribution >= 0.6 is 0 Å². The highest BCUT2D eigenvalue weighted by Gasteiger charge is 1.92. The molecule has 1 aromatic rings. The number of hydrogen-bond acceptors (Lipinski definition) is 1. The first kappa shape index (κ1) is 9.59. The van der Waals surface area contributed by atoms with E-state index in [1.807, 2.05) is 26.2 Å². The molecule has 0 bridgehead atoms. The van der Waals surface area contributed by atoms with E-state index in [0.29, 0.717) is 0 Å². The third-order valence-electron chi connectivity index (χ3n) is 1.83. The normalized spacial score (nSPS) is 10.3. The van der Waals surface area contributed by atoms with E-state index >= 15 is 0 Å². The molecular weight excluding hydrogens is 158 g/mol. The predicted octanol–water partition coefficient (Wildman–Crippen LogP) is 2.95. The van der Waals surface area contributed by atoms with Crippen molar-refractivity contribution < 1.29 is 0 Å².